The lowest BCUT2D eigenvalue weighted by molar-refractivity contribution is -0.138. The summed E-state index contributed by atoms with van der Waals surface area (Å²) in [5.41, 5.74) is 0.857. The van der Waals surface area contributed by atoms with Crippen LogP contribution in [0.3, 0.4) is 0 Å². The fourth-order valence-corrected chi connectivity index (χ4v) is 2.87. The van der Waals surface area contributed by atoms with Crippen LogP contribution in [0.4, 0.5) is 13.2 Å². The van der Waals surface area contributed by atoms with Crippen molar-refractivity contribution in [1.82, 2.24) is 10.2 Å². The molecular formula is C16H23F3N2O. The van der Waals surface area contributed by atoms with Crippen molar-refractivity contribution in [2.75, 3.05) is 32.8 Å². The van der Waals surface area contributed by atoms with Gasteiger partial charge in [-0.05, 0) is 19.4 Å². The lowest BCUT2D eigenvalue weighted by atomic mass is 9.98. The number of hydrogen-bond donors (Lipinski definition) is 1. The van der Waals surface area contributed by atoms with Gasteiger partial charge in [-0.25, -0.2) is 0 Å². The molecule has 1 aliphatic heterocycles. The summed E-state index contributed by atoms with van der Waals surface area (Å²) in [6.45, 7) is 5.50. The first-order valence-corrected chi connectivity index (χ1v) is 7.74. The topological polar surface area (TPSA) is 24.5 Å². The van der Waals surface area contributed by atoms with Crippen molar-refractivity contribution in [2.45, 2.75) is 32.0 Å². The van der Waals surface area contributed by atoms with Crippen molar-refractivity contribution in [3.63, 3.8) is 0 Å². The molecular weight excluding hydrogens is 293 g/mol. The monoisotopic (exact) mass is 316 g/mol. The van der Waals surface area contributed by atoms with Crippen LogP contribution in [-0.2, 0) is 0 Å². The molecule has 0 radical (unpaired) electrons. The molecule has 0 bridgehead atoms. The Kier molecular flexibility index (Phi) is 6.08. The Morgan fingerprint density at radius 2 is 1.91 bits per heavy atom. The zero-order chi connectivity index (χ0) is 16.0. The lowest BCUT2D eigenvalue weighted by Crippen LogP contribution is -2.45. The lowest BCUT2D eigenvalue weighted by Gasteiger charge is -2.36. The molecule has 0 aromatic heterocycles. The molecule has 0 amide bonds. The van der Waals surface area contributed by atoms with Crippen LogP contribution < -0.4 is 10.1 Å². The van der Waals surface area contributed by atoms with Crippen LogP contribution in [-0.4, -0.2) is 43.9 Å². The summed E-state index contributed by atoms with van der Waals surface area (Å²) >= 11 is 0. The van der Waals surface area contributed by atoms with Gasteiger partial charge in [0.05, 0.1) is 6.61 Å². The third kappa shape index (κ3) is 4.88. The molecule has 1 aromatic rings. The average Bonchev–Trinajstić information content (AvgIpc) is 2.49. The van der Waals surface area contributed by atoms with E-state index in [1.807, 2.05) is 31.2 Å². The Bertz CT molecular complexity index is 459. The highest BCUT2D eigenvalue weighted by molar-refractivity contribution is 5.36. The van der Waals surface area contributed by atoms with Crippen LogP contribution in [0.2, 0.25) is 0 Å². The quantitative estimate of drug-likeness (QED) is 0.871. The van der Waals surface area contributed by atoms with Gasteiger partial charge in [0.1, 0.15) is 5.75 Å². The van der Waals surface area contributed by atoms with E-state index in [9.17, 15) is 13.2 Å². The van der Waals surface area contributed by atoms with Crippen LogP contribution in [0.5, 0.6) is 5.75 Å². The van der Waals surface area contributed by atoms with Gasteiger partial charge in [0.2, 0.25) is 0 Å². The molecule has 124 valence electrons. The smallest absolute Gasteiger partial charge is 0.389 e. The molecule has 3 nitrogen and oxygen atoms in total. The zero-order valence-electron chi connectivity index (χ0n) is 12.8. The number of para-hydroxylation sites is 1. The Morgan fingerprint density at radius 3 is 2.55 bits per heavy atom. The molecule has 0 spiro atoms. The second-order valence-electron chi connectivity index (χ2n) is 5.43. The fraction of sp³-hybridized carbons (Fsp3) is 0.625. The van der Waals surface area contributed by atoms with Gasteiger partial charge < -0.3 is 10.1 Å². The van der Waals surface area contributed by atoms with Gasteiger partial charge in [-0.15, -0.1) is 0 Å². The zero-order valence-corrected chi connectivity index (χ0v) is 12.8. The fourth-order valence-electron chi connectivity index (χ4n) is 2.87. The van der Waals surface area contributed by atoms with E-state index in [0.29, 0.717) is 12.4 Å². The van der Waals surface area contributed by atoms with Gasteiger partial charge in [0, 0.05) is 44.2 Å². The minimum Gasteiger partial charge on any atom is -0.494 e. The van der Waals surface area contributed by atoms with Crippen molar-refractivity contribution in [1.29, 1.82) is 0 Å². The Labute approximate surface area is 129 Å². The number of rotatable bonds is 6. The summed E-state index contributed by atoms with van der Waals surface area (Å²) in [6, 6.07) is 7.18. The van der Waals surface area contributed by atoms with Crippen molar-refractivity contribution < 1.29 is 17.9 Å². The van der Waals surface area contributed by atoms with Gasteiger partial charge in [-0.1, -0.05) is 18.2 Å². The van der Waals surface area contributed by atoms with Crippen LogP contribution in [0.25, 0.3) is 0 Å². The summed E-state index contributed by atoms with van der Waals surface area (Å²) in [7, 11) is 0. The van der Waals surface area contributed by atoms with Crippen LogP contribution in [0, 0.1) is 0 Å². The summed E-state index contributed by atoms with van der Waals surface area (Å²) < 4.78 is 43.7. The van der Waals surface area contributed by atoms with Crippen molar-refractivity contribution in [3.05, 3.63) is 29.8 Å². The molecule has 1 saturated heterocycles. The number of hydrogen-bond acceptors (Lipinski definition) is 3. The summed E-state index contributed by atoms with van der Waals surface area (Å²) in [5, 5.41) is 3.24. The van der Waals surface area contributed by atoms with E-state index < -0.39 is 12.6 Å². The highest BCUT2D eigenvalue weighted by Crippen LogP contribution is 2.36. The Morgan fingerprint density at radius 1 is 1.23 bits per heavy atom. The summed E-state index contributed by atoms with van der Waals surface area (Å²) in [6.07, 6.45) is -4.84. The van der Waals surface area contributed by atoms with Crippen molar-refractivity contribution in [3.8, 4) is 5.75 Å². The van der Waals surface area contributed by atoms with Gasteiger partial charge in [-0.2, -0.15) is 13.2 Å². The molecule has 1 aromatic carbocycles. The first kappa shape index (κ1) is 17.1. The minimum atomic E-state index is -4.13. The predicted octanol–water partition coefficient (Wildman–Crippen LogP) is 3.37. The molecule has 6 heteroatoms. The number of piperazine rings is 1. The van der Waals surface area contributed by atoms with E-state index in [0.717, 1.165) is 31.7 Å². The summed E-state index contributed by atoms with van der Waals surface area (Å²) in [5.74, 6) is 0.690. The number of nitrogens with zero attached hydrogens (tertiary/aromatic N) is 1. The standard InChI is InChI=1S/C16H23F3N2O/c1-2-22-15-6-4-3-5-13(15)14(7-8-16(17,18)19)21-11-9-20-10-12-21/h3-6,14,20H,2,7-12H2,1H3/t14-/m1/s1. The second-order valence-corrected chi connectivity index (χ2v) is 5.43. The highest BCUT2D eigenvalue weighted by atomic mass is 19.4. The average molecular weight is 316 g/mol. The van der Waals surface area contributed by atoms with Crippen molar-refractivity contribution >= 4 is 0 Å². The highest BCUT2D eigenvalue weighted by Gasteiger charge is 2.32. The molecule has 0 saturated carbocycles. The van der Waals surface area contributed by atoms with Gasteiger partial charge >= 0.3 is 6.18 Å². The maximum atomic E-state index is 12.7. The first-order valence-electron chi connectivity index (χ1n) is 7.74. The largest absolute Gasteiger partial charge is 0.494 e. The van der Waals surface area contributed by atoms with E-state index >= 15 is 0 Å². The van der Waals surface area contributed by atoms with Gasteiger partial charge in [0.25, 0.3) is 0 Å². The van der Waals surface area contributed by atoms with E-state index in [4.69, 9.17) is 4.74 Å². The van der Waals surface area contributed by atoms with Gasteiger partial charge in [-0.3, -0.25) is 4.90 Å². The van der Waals surface area contributed by atoms with E-state index in [1.54, 1.807) is 0 Å². The number of alkyl halides is 3. The molecule has 1 heterocycles. The summed E-state index contributed by atoms with van der Waals surface area (Å²) in [4.78, 5) is 2.13. The van der Waals surface area contributed by atoms with E-state index in [2.05, 4.69) is 10.2 Å². The minimum absolute atomic E-state index is 0.0631. The Balaban J connectivity index is 2.22. The van der Waals surface area contributed by atoms with Gasteiger partial charge in [0.15, 0.2) is 0 Å². The van der Waals surface area contributed by atoms with Crippen LogP contribution in [0.15, 0.2) is 24.3 Å². The molecule has 1 fully saturated rings. The van der Waals surface area contributed by atoms with Crippen molar-refractivity contribution in [2.24, 2.45) is 0 Å². The molecule has 1 N–H and O–H groups in total. The van der Waals surface area contributed by atoms with Crippen LogP contribution >= 0.6 is 0 Å². The predicted molar refractivity (Wildman–Crippen MR) is 80.1 cm³/mol. The maximum absolute atomic E-state index is 12.7. The van der Waals surface area contributed by atoms with E-state index in [-0.39, 0.29) is 12.5 Å². The first-order chi connectivity index (χ1) is 10.5. The molecule has 2 rings (SSSR count). The third-order valence-electron chi connectivity index (χ3n) is 3.87. The second kappa shape index (κ2) is 7.83. The molecule has 0 unspecified atom stereocenters. The third-order valence-corrected chi connectivity index (χ3v) is 3.87. The molecule has 1 aliphatic rings. The number of nitrogens with one attached hydrogen (secondary N) is 1. The maximum Gasteiger partial charge on any atom is 0.389 e. The molecule has 1 atom stereocenters. The molecule has 0 aliphatic carbocycles. The molecule has 22 heavy (non-hydrogen) atoms. The Hall–Kier alpha value is -1.27. The number of halogens is 3. The normalized spacial score (nSPS) is 18.2. The number of ether oxygens (including phenoxy) is 1. The SMILES string of the molecule is CCOc1ccccc1[C@@H](CCC(F)(F)F)N1CCNCC1. The van der Waals surface area contributed by atoms with E-state index in [1.165, 1.54) is 0 Å². The van der Waals surface area contributed by atoms with Crippen LogP contribution in [0.1, 0.15) is 31.4 Å². The number of benzene rings is 1.